The van der Waals surface area contributed by atoms with Crippen molar-refractivity contribution in [1.29, 1.82) is 5.26 Å². The topological polar surface area (TPSA) is 94.4 Å². The van der Waals surface area contributed by atoms with Crippen LogP contribution in [0.5, 0.6) is 5.75 Å². The number of fused-ring (bicyclic) bond motifs is 1. The minimum absolute atomic E-state index is 0.0458. The number of hydrogen-bond donors (Lipinski definition) is 1. The molecule has 5 aromatic rings. The van der Waals surface area contributed by atoms with Gasteiger partial charge in [-0.3, -0.25) is 20.0 Å². The maximum Gasteiger partial charge on any atom is 0.236 e. The molecule has 0 bridgehead atoms. The van der Waals surface area contributed by atoms with Crippen LogP contribution < -0.4 is 10.1 Å². The zero-order valence-corrected chi connectivity index (χ0v) is 25.3. The average Bonchev–Trinajstić information content (AvgIpc) is 3.09. The predicted molar refractivity (Wildman–Crippen MR) is 174 cm³/mol. The summed E-state index contributed by atoms with van der Waals surface area (Å²) in [5, 5.41) is 14.5. The molecule has 1 saturated heterocycles. The van der Waals surface area contributed by atoms with Crippen molar-refractivity contribution in [2.24, 2.45) is 0 Å². The molecule has 0 radical (unpaired) electrons. The molecule has 45 heavy (non-hydrogen) atoms. The lowest BCUT2D eigenvalue weighted by Crippen LogP contribution is -2.51. The van der Waals surface area contributed by atoms with E-state index in [9.17, 15) is 10.1 Å². The Morgan fingerprint density at radius 1 is 0.889 bits per heavy atom. The Balaban J connectivity index is 1.07. The standard InChI is InChI=1S/C37H36N6O2/c1-27-33(11-7-19-39-27)35(24-38)42-20-22-43(23-21-42)36(44)25-40-37(29-9-3-2-4-10-29)30-14-17-32(18-15-30)45-26-31-16-13-28-8-5-6-12-34(28)41-31/h2-19,35,37,40H,20-23,25-26H2,1H3. The molecule has 1 N–H and O–H groups in total. The Morgan fingerprint density at radius 3 is 2.38 bits per heavy atom. The number of hydrogen-bond acceptors (Lipinski definition) is 7. The molecule has 1 aliphatic heterocycles. The highest BCUT2D eigenvalue weighted by atomic mass is 16.5. The first-order chi connectivity index (χ1) is 22.1. The van der Waals surface area contributed by atoms with Crippen molar-refractivity contribution < 1.29 is 9.53 Å². The number of amides is 1. The summed E-state index contributed by atoms with van der Waals surface area (Å²) < 4.78 is 6.06. The van der Waals surface area contributed by atoms with Crippen LogP contribution in [0.2, 0.25) is 0 Å². The first-order valence-corrected chi connectivity index (χ1v) is 15.3. The van der Waals surface area contributed by atoms with E-state index in [4.69, 9.17) is 9.72 Å². The second-order valence-corrected chi connectivity index (χ2v) is 11.2. The van der Waals surface area contributed by atoms with Gasteiger partial charge in [-0.25, -0.2) is 4.98 Å². The van der Waals surface area contributed by atoms with E-state index in [1.54, 1.807) is 6.20 Å². The van der Waals surface area contributed by atoms with Crippen molar-refractivity contribution >= 4 is 16.8 Å². The number of piperazine rings is 1. The molecule has 226 valence electrons. The fourth-order valence-corrected chi connectivity index (χ4v) is 5.84. The van der Waals surface area contributed by atoms with E-state index in [0.29, 0.717) is 32.8 Å². The third-order valence-electron chi connectivity index (χ3n) is 8.34. The summed E-state index contributed by atoms with van der Waals surface area (Å²) in [6.07, 6.45) is 1.74. The summed E-state index contributed by atoms with van der Waals surface area (Å²) in [5.41, 5.74) is 5.73. The van der Waals surface area contributed by atoms with Gasteiger partial charge >= 0.3 is 0 Å². The highest BCUT2D eigenvalue weighted by Gasteiger charge is 2.28. The van der Waals surface area contributed by atoms with Crippen LogP contribution >= 0.6 is 0 Å². The molecule has 0 spiro atoms. The number of aromatic nitrogens is 2. The van der Waals surface area contributed by atoms with Crippen LogP contribution in [0.3, 0.4) is 0 Å². The van der Waals surface area contributed by atoms with E-state index in [0.717, 1.165) is 44.7 Å². The third-order valence-corrected chi connectivity index (χ3v) is 8.34. The number of benzene rings is 3. The number of nitriles is 1. The predicted octanol–water partition coefficient (Wildman–Crippen LogP) is 5.61. The number of aryl methyl sites for hydroxylation is 1. The second kappa shape index (κ2) is 14.1. The summed E-state index contributed by atoms with van der Waals surface area (Å²) >= 11 is 0. The lowest BCUT2D eigenvalue weighted by atomic mass is 9.98. The quantitative estimate of drug-likeness (QED) is 0.224. The minimum atomic E-state index is -0.368. The molecule has 6 rings (SSSR count). The summed E-state index contributed by atoms with van der Waals surface area (Å²) in [6, 6.07) is 36.0. The van der Waals surface area contributed by atoms with Gasteiger partial charge in [-0.05, 0) is 48.4 Å². The van der Waals surface area contributed by atoms with Gasteiger partial charge in [-0.1, -0.05) is 72.8 Å². The van der Waals surface area contributed by atoms with Crippen LogP contribution in [0, 0.1) is 18.3 Å². The lowest BCUT2D eigenvalue weighted by molar-refractivity contribution is -0.132. The molecule has 0 saturated carbocycles. The normalized spacial score (nSPS) is 14.9. The fourth-order valence-electron chi connectivity index (χ4n) is 5.84. The van der Waals surface area contributed by atoms with Crippen molar-refractivity contribution in [2.45, 2.75) is 25.6 Å². The number of carbonyl (C=O) groups is 1. The maximum absolute atomic E-state index is 13.3. The SMILES string of the molecule is Cc1ncccc1C(C#N)N1CCN(C(=O)CNC(c2ccccc2)c2ccc(OCc3ccc4ccccc4n3)cc2)CC1. The number of rotatable bonds is 10. The van der Waals surface area contributed by atoms with Crippen LogP contribution in [0.25, 0.3) is 10.9 Å². The highest BCUT2D eigenvalue weighted by Crippen LogP contribution is 2.26. The Hall–Kier alpha value is -5.10. The molecule has 3 aromatic carbocycles. The van der Waals surface area contributed by atoms with Gasteiger partial charge in [0.1, 0.15) is 18.4 Å². The van der Waals surface area contributed by atoms with E-state index < -0.39 is 0 Å². The van der Waals surface area contributed by atoms with E-state index >= 15 is 0 Å². The Morgan fingerprint density at radius 2 is 1.62 bits per heavy atom. The highest BCUT2D eigenvalue weighted by molar-refractivity contribution is 5.79. The van der Waals surface area contributed by atoms with Crippen LogP contribution in [0.1, 0.15) is 40.2 Å². The number of nitrogens with zero attached hydrogens (tertiary/aromatic N) is 5. The summed E-state index contributed by atoms with van der Waals surface area (Å²) in [7, 11) is 0. The number of carbonyl (C=O) groups excluding carboxylic acids is 1. The fraction of sp³-hybridized carbons (Fsp3) is 0.243. The van der Waals surface area contributed by atoms with Gasteiger partial charge in [0.05, 0.1) is 29.9 Å². The largest absolute Gasteiger partial charge is 0.487 e. The Bertz CT molecular complexity index is 1780. The van der Waals surface area contributed by atoms with Crippen LogP contribution in [0.15, 0.2) is 109 Å². The summed E-state index contributed by atoms with van der Waals surface area (Å²) in [6.45, 7) is 4.93. The van der Waals surface area contributed by atoms with E-state index in [1.165, 1.54) is 0 Å². The number of ether oxygens (including phenoxy) is 1. The number of nitrogens with one attached hydrogen (secondary N) is 1. The second-order valence-electron chi connectivity index (χ2n) is 11.2. The molecular weight excluding hydrogens is 560 g/mol. The van der Waals surface area contributed by atoms with Crippen molar-refractivity contribution in [3.8, 4) is 11.8 Å². The Labute approximate surface area is 263 Å². The lowest BCUT2D eigenvalue weighted by Gasteiger charge is -2.37. The van der Waals surface area contributed by atoms with Crippen LogP contribution in [0.4, 0.5) is 0 Å². The molecule has 1 aliphatic rings. The molecule has 0 aliphatic carbocycles. The smallest absolute Gasteiger partial charge is 0.236 e. The maximum atomic E-state index is 13.3. The first-order valence-electron chi connectivity index (χ1n) is 15.3. The molecular formula is C37H36N6O2. The molecule has 1 amide bonds. The Kier molecular flexibility index (Phi) is 9.40. The molecule has 2 atom stereocenters. The number of para-hydroxylation sites is 1. The van der Waals surface area contributed by atoms with Crippen molar-refractivity contribution in [1.82, 2.24) is 25.1 Å². The van der Waals surface area contributed by atoms with E-state index in [1.807, 2.05) is 96.8 Å². The monoisotopic (exact) mass is 596 g/mol. The van der Waals surface area contributed by atoms with Gasteiger partial charge in [0.25, 0.3) is 0 Å². The van der Waals surface area contributed by atoms with Gasteiger partial charge in [-0.2, -0.15) is 5.26 Å². The van der Waals surface area contributed by atoms with E-state index in [-0.39, 0.29) is 24.5 Å². The minimum Gasteiger partial charge on any atom is -0.487 e. The molecule has 2 aromatic heterocycles. The summed E-state index contributed by atoms with van der Waals surface area (Å²) in [4.78, 5) is 26.4. The zero-order chi connectivity index (χ0) is 31.0. The van der Waals surface area contributed by atoms with Gasteiger partial charge in [0.15, 0.2) is 0 Å². The molecule has 1 fully saturated rings. The molecule has 8 nitrogen and oxygen atoms in total. The van der Waals surface area contributed by atoms with Crippen LogP contribution in [-0.4, -0.2) is 58.4 Å². The number of pyridine rings is 2. The van der Waals surface area contributed by atoms with Gasteiger partial charge < -0.3 is 9.64 Å². The first kappa shape index (κ1) is 29.9. The molecule has 2 unspecified atom stereocenters. The molecule has 8 heteroatoms. The van der Waals surface area contributed by atoms with Gasteiger partial charge in [-0.15, -0.1) is 0 Å². The van der Waals surface area contributed by atoms with Crippen molar-refractivity contribution in [3.63, 3.8) is 0 Å². The average molecular weight is 597 g/mol. The third kappa shape index (κ3) is 7.18. The zero-order valence-electron chi connectivity index (χ0n) is 25.3. The molecule has 3 heterocycles. The van der Waals surface area contributed by atoms with Crippen molar-refractivity contribution in [3.05, 3.63) is 137 Å². The van der Waals surface area contributed by atoms with E-state index in [2.05, 4.69) is 39.5 Å². The van der Waals surface area contributed by atoms with Gasteiger partial charge in [0, 0.05) is 49.0 Å². The van der Waals surface area contributed by atoms with Gasteiger partial charge in [0.2, 0.25) is 5.91 Å². The summed E-state index contributed by atoms with van der Waals surface area (Å²) in [5.74, 6) is 0.802. The van der Waals surface area contributed by atoms with Crippen LogP contribution in [-0.2, 0) is 11.4 Å². The van der Waals surface area contributed by atoms with Crippen molar-refractivity contribution in [2.75, 3.05) is 32.7 Å².